The zero-order valence-corrected chi connectivity index (χ0v) is 17.0. The van der Waals surface area contributed by atoms with Gasteiger partial charge in [-0.1, -0.05) is 0 Å². The Morgan fingerprint density at radius 3 is 0.724 bits per heavy atom. The van der Waals surface area contributed by atoms with Crippen LogP contribution in [0.4, 0.5) is 0 Å². The topological polar surface area (TPSA) is 416 Å². The molecule has 23 heteroatoms. The average molecular weight is 524 g/mol. The van der Waals surface area contributed by atoms with Crippen LogP contribution in [-0.2, 0) is 75.4 Å². The number of hydrogen-bond acceptors (Lipinski definition) is 15. The van der Waals surface area contributed by atoms with E-state index in [1.807, 2.05) is 0 Å². The van der Waals surface area contributed by atoms with Crippen LogP contribution >= 0.6 is 0 Å². The molecule has 0 amide bonds. The monoisotopic (exact) mass is 524 g/mol. The van der Waals surface area contributed by atoms with Gasteiger partial charge in [-0.3, -0.25) is 0 Å². The molecule has 0 fully saturated rings. The molecule has 0 aliphatic rings. The maximum atomic E-state index is 8.93. The van der Waals surface area contributed by atoms with Crippen molar-refractivity contribution in [1.29, 1.82) is 0 Å². The van der Waals surface area contributed by atoms with Gasteiger partial charge in [-0.05, 0) is 0 Å². The second kappa shape index (κ2) is 71.4. The molecule has 1 aromatic rings. The van der Waals surface area contributed by atoms with Gasteiger partial charge in [0.25, 0.3) is 0 Å². The third kappa shape index (κ3) is 269. The third-order valence-corrected chi connectivity index (χ3v) is 0.790. The summed E-state index contributed by atoms with van der Waals surface area (Å²) in [5, 5.41) is 59.9. The Bertz CT molecular complexity index is 251. The molecule has 0 bridgehead atoms. The quantitative estimate of drug-likeness (QED) is 0.161. The van der Waals surface area contributed by atoms with Crippen molar-refractivity contribution in [1.82, 2.24) is 0 Å². The Morgan fingerprint density at radius 2 is 0.724 bits per heavy atom. The Balaban J connectivity index is -0.0000000232. The van der Waals surface area contributed by atoms with Crippen molar-refractivity contribution in [3.8, 4) is 0 Å². The van der Waals surface area contributed by atoms with Crippen molar-refractivity contribution in [2.75, 3.05) is 26.2 Å². The molecule has 0 aliphatic heterocycles. The fourth-order valence-electron chi connectivity index (χ4n) is 0. The van der Waals surface area contributed by atoms with Crippen LogP contribution in [0.3, 0.4) is 0 Å². The van der Waals surface area contributed by atoms with Gasteiger partial charge in [0.15, 0.2) is 0 Å². The van der Waals surface area contributed by atoms with E-state index in [1.165, 1.54) is 0 Å². The van der Waals surface area contributed by atoms with Gasteiger partial charge in [0, 0.05) is 14.2 Å². The molecular weight excluding hydrogens is 504 g/mol. The predicted octanol–water partition coefficient (Wildman–Crippen LogP) is -13.4. The van der Waals surface area contributed by atoms with Crippen molar-refractivity contribution in [3.05, 3.63) is 0 Å². The molecule has 0 saturated heterocycles. The maximum absolute atomic E-state index is 8.93. The van der Waals surface area contributed by atoms with Crippen molar-refractivity contribution in [3.63, 3.8) is 0 Å². The van der Waals surface area contributed by atoms with Crippen LogP contribution in [0.5, 0.6) is 0 Å². The van der Waals surface area contributed by atoms with Crippen molar-refractivity contribution in [2.45, 2.75) is 0 Å². The number of carboxylic acids is 2. The fraction of sp³-hybridized carbons (Fsp3) is 0.667. The molecule has 1 aromatic heterocycles. The number of aliphatic carboxylic acids is 2. The second-order valence-corrected chi connectivity index (χ2v) is 2.47. The van der Waals surface area contributed by atoms with Crippen LogP contribution in [0, 0.1) is 0 Å². The van der Waals surface area contributed by atoms with Gasteiger partial charge in [0.05, 0.1) is 11.9 Å². The Hall–Kier alpha value is -1.16. The molecule has 0 unspecified atom stereocenters. The summed E-state index contributed by atoms with van der Waals surface area (Å²) in [5.41, 5.74) is 14.2. The van der Waals surface area contributed by atoms with Gasteiger partial charge >= 0.3 is 34.7 Å². The van der Waals surface area contributed by atoms with Gasteiger partial charge in [-0.25, -0.2) is 0 Å². The number of carboxylic acid groups (broad SMARTS) is 2. The van der Waals surface area contributed by atoms with Gasteiger partial charge in [0.2, 0.25) is 0 Å². The molecule has 0 aliphatic carbocycles. The largest absolute Gasteiger partial charge is 3.00 e. The van der Waals surface area contributed by atoms with Crippen LogP contribution < -0.4 is 54.2 Å². The van der Waals surface area contributed by atoms with Crippen LogP contribution in [-0.4, -0.2) is 38.1 Å². The maximum Gasteiger partial charge on any atom is 3.00 e. The SMILES string of the molecule is O=C([O-])C(=O)[O-].[Cr+3].[Cr+3].[NH3+]CC[NH3+].[NH3+]CC[NH3+].[O-2].[O-2].[O-]OO[O-].[O-]OO[O-].o1oo1. The minimum Gasteiger partial charge on any atom is -2.00 e. The minimum absolute atomic E-state index is 0. The second-order valence-electron chi connectivity index (χ2n) is 2.47. The van der Waals surface area contributed by atoms with E-state index in [-0.39, 0.29) is 45.7 Å². The molecule has 0 spiro atoms. The van der Waals surface area contributed by atoms with Crippen molar-refractivity contribution < 1.29 is 144 Å². The summed E-state index contributed by atoms with van der Waals surface area (Å²) in [7, 11) is 0. The van der Waals surface area contributed by atoms with Crippen LogP contribution in [0.25, 0.3) is 0 Å². The van der Waals surface area contributed by atoms with E-state index >= 15 is 0 Å². The van der Waals surface area contributed by atoms with Gasteiger partial charge in [-0.2, -0.15) is 0 Å². The number of quaternary nitrogens is 4. The van der Waals surface area contributed by atoms with Gasteiger partial charge in [0.1, 0.15) is 26.2 Å². The smallest absolute Gasteiger partial charge is 2.00 e. The van der Waals surface area contributed by atoms with Crippen molar-refractivity contribution >= 4 is 11.9 Å². The molecular formula is C6H20Cr2N4O17. The molecule has 29 heavy (non-hydrogen) atoms. The summed E-state index contributed by atoms with van der Waals surface area (Å²) in [6.45, 7) is 3.83. The van der Waals surface area contributed by atoms with E-state index < -0.39 is 11.9 Å². The van der Waals surface area contributed by atoms with E-state index in [1.54, 1.807) is 0 Å². The standard InChI is InChI=1S/2C2H8N2.C2H2O4.2Cr.2H2O4.O3.2O/c2*3-1-2-4;3-1(4)2(5)6;;;2*1-3-4-2;1-2-3-1;;/h2*1-4H2;(H,3,4)(H,5,6);;;2*1-2H;;;/q;;;2*+3;;;;2*-2/p-2. The van der Waals surface area contributed by atoms with E-state index in [2.05, 4.69) is 57.3 Å². The predicted molar refractivity (Wildman–Crippen MR) is 50.0 cm³/mol. The van der Waals surface area contributed by atoms with E-state index in [0.29, 0.717) is 0 Å². The summed E-state index contributed by atoms with van der Waals surface area (Å²) >= 11 is 0. The zero-order valence-electron chi connectivity index (χ0n) is 14.4. The molecule has 0 atom stereocenters. The first-order valence-corrected chi connectivity index (χ1v) is 5.57. The molecule has 0 aromatic carbocycles. The molecule has 12 N–H and O–H groups in total. The van der Waals surface area contributed by atoms with E-state index in [9.17, 15) is 0 Å². The van der Waals surface area contributed by atoms with Gasteiger partial charge < -0.3 is 94.9 Å². The third-order valence-electron chi connectivity index (χ3n) is 0.790. The molecule has 2 radical (unpaired) electrons. The summed E-state index contributed by atoms with van der Waals surface area (Å²) in [4.78, 5) is 17.9. The van der Waals surface area contributed by atoms with E-state index in [0.717, 1.165) is 26.2 Å². The first kappa shape index (κ1) is 56.5. The first-order chi connectivity index (χ1) is 11.8. The fourth-order valence-corrected chi connectivity index (χ4v) is 0. The average Bonchev–Trinajstić information content (AvgIpc) is 3.51. The molecule has 1 heterocycles. The Kier molecular flexibility index (Phi) is 139. The Morgan fingerprint density at radius 1 is 0.586 bits per heavy atom. The summed E-state index contributed by atoms with van der Waals surface area (Å²) in [6, 6.07) is 0. The molecule has 21 nitrogen and oxygen atoms in total. The summed E-state index contributed by atoms with van der Waals surface area (Å²) in [6.07, 6.45) is 0. The zero-order chi connectivity index (χ0) is 20.9. The van der Waals surface area contributed by atoms with Crippen LogP contribution in [0.15, 0.2) is 14.2 Å². The van der Waals surface area contributed by atoms with Crippen molar-refractivity contribution in [2.24, 2.45) is 0 Å². The molecule has 178 valence electrons. The molecule has 1 rings (SSSR count). The normalized spacial score (nSPS) is 6.48. The number of carbonyl (C=O) groups excluding carboxylic acids is 2. The van der Waals surface area contributed by atoms with Crippen LogP contribution in [0.2, 0.25) is 0 Å². The summed E-state index contributed by atoms with van der Waals surface area (Å²) in [5.74, 6) is -4.37. The summed E-state index contributed by atoms with van der Waals surface area (Å²) < 4.78 is 10.5. The number of hydrogen-bond donors (Lipinski definition) is 4. The first-order valence-electron chi connectivity index (χ1n) is 5.57. The Labute approximate surface area is 182 Å². The molecule has 0 saturated carbocycles. The van der Waals surface area contributed by atoms with E-state index in [4.69, 9.17) is 40.8 Å². The van der Waals surface area contributed by atoms with Gasteiger partial charge in [-0.15, -0.1) is 0 Å². The minimum atomic E-state index is -2.19. The van der Waals surface area contributed by atoms with Crippen LogP contribution in [0.1, 0.15) is 0 Å². The number of carbonyl (C=O) groups is 2. The number of rotatable bonds is 4.